The smallest absolute Gasteiger partial charge is 0.255 e. The van der Waals surface area contributed by atoms with Crippen LogP contribution in [0.1, 0.15) is 23.2 Å². The van der Waals surface area contributed by atoms with Gasteiger partial charge >= 0.3 is 0 Å². The van der Waals surface area contributed by atoms with E-state index in [0.717, 1.165) is 18.4 Å². The summed E-state index contributed by atoms with van der Waals surface area (Å²) in [6, 6.07) is 8.25. The number of halogens is 1. The van der Waals surface area contributed by atoms with Gasteiger partial charge in [-0.25, -0.2) is 14.4 Å². The van der Waals surface area contributed by atoms with Crippen LogP contribution in [0, 0.1) is 5.92 Å². The van der Waals surface area contributed by atoms with Crippen LogP contribution in [0.25, 0.3) is 11.1 Å². The molecule has 2 N–H and O–H groups in total. The topological polar surface area (TPSA) is 106 Å². The zero-order chi connectivity index (χ0) is 21.6. The Balaban J connectivity index is 1.49. The number of rotatable bonds is 8. The van der Waals surface area contributed by atoms with Crippen molar-refractivity contribution in [3.05, 3.63) is 60.7 Å². The fourth-order valence-electron chi connectivity index (χ4n) is 2.92. The molecule has 3 aromatic heterocycles. The lowest BCUT2D eigenvalue weighted by molar-refractivity contribution is -0.117. The number of hydrogen-bond donors (Lipinski definition) is 2. The first-order chi connectivity index (χ1) is 15.1. The molecule has 9 heteroatoms. The standard InChI is InChI=1S/C22H20FN5O3/c23-7-10-31-20-4-3-16(12-26-20)17-6-8-24-13-18(17)27-22(30)15-5-9-25-19(11-15)28-21(29)14-1-2-14/h3-6,8-9,11-14H,1-2,7,10H2,(H,27,30)(H,25,28,29)/i23-1. The maximum absolute atomic E-state index is 12.8. The highest BCUT2D eigenvalue weighted by Crippen LogP contribution is 2.30. The lowest BCUT2D eigenvalue weighted by Crippen LogP contribution is -2.16. The zero-order valence-electron chi connectivity index (χ0n) is 16.5. The molecular weight excluding hydrogens is 400 g/mol. The molecule has 31 heavy (non-hydrogen) atoms. The second kappa shape index (κ2) is 9.29. The molecule has 0 saturated heterocycles. The van der Waals surface area contributed by atoms with Crippen molar-refractivity contribution in [2.45, 2.75) is 12.8 Å². The molecule has 3 heterocycles. The molecule has 158 valence electrons. The van der Waals surface area contributed by atoms with Crippen molar-refractivity contribution >= 4 is 23.3 Å². The maximum Gasteiger partial charge on any atom is 0.255 e. The van der Waals surface area contributed by atoms with Gasteiger partial charge in [0.15, 0.2) is 0 Å². The Hall–Kier alpha value is -3.88. The molecule has 0 unspecified atom stereocenters. The van der Waals surface area contributed by atoms with Crippen LogP contribution in [0.3, 0.4) is 0 Å². The van der Waals surface area contributed by atoms with Gasteiger partial charge in [0.1, 0.15) is 19.1 Å². The Bertz CT molecular complexity index is 1090. The second-order valence-electron chi connectivity index (χ2n) is 6.99. The van der Waals surface area contributed by atoms with Crippen molar-refractivity contribution in [1.82, 2.24) is 15.0 Å². The number of nitrogens with zero attached hydrogens (tertiary/aromatic N) is 3. The van der Waals surface area contributed by atoms with E-state index < -0.39 is 6.67 Å². The van der Waals surface area contributed by atoms with Gasteiger partial charge in [0.2, 0.25) is 11.8 Å². The third-order valence-corrected chi connectivity index (χ3v) is 4.67. The van der Waals surface area contributed by atoms with Gasteiger partial charge in [-0.2, -0.15) is 0 Å². The molecular formula is C22H20FN5O3. The number of carbonyl (C=O) groups excluding carboxylic acids is 2. The average Bonchev–Trinajstić information content (AvgIpc) is 3.64. The minimum atomic E-state index is -0.592. The number of anilines is 2. The summed E-state index contributed by atoms with van der Waals surface area (Å²) in [5.74, 6) is 0.253. The first-order valence-corrected chi connectivity index (χ1v) is 9.81. The first-order valence-electron chi connectivity index (χ1n) is 9.81. The van der Waals surface area contributed by atoms with Crippen LogP contribution in [0.15, 0.2) is 55.1 Å². The Morgan fingerprint density at radius 3 is 2.68 bits per heavy atom. The molecule has 1 aliphatic carbocycles. The highest BCUT2D eigenvalue weighted by atomic mass is 18.2. The van der Waals surface area contributed by atoms with Crippen LogP contribution in [0.2, 0.25) is 0 Å². The van der Waals surface area contributed by atoms with Gasteiger partial charge in [0.25, 0.3) is 5.91 Å². The summed E-state index contributed by atoms with van der Waals surface area (Å²) in [4.78, 5) is 37.1. The van der Waals surface area contributed by atoms with Crippen molar-refractivity contribution in [3.8, 4) is 17.0 Å². The van der Waals surface area contributed by atoms with Gasteiger partial charge in [0, 0.05) is 47.3 Å². The summed E-state index contributed by atoms with van der Waals surface area (Å²) < 4.78 is 17.4. The van der Waals surface area contributed by atoms with Gasteiger partial charge < -0.3 is 15.4 Å². The molecule has 3 aromatic rings. The number of ether oxygens (including phenoxy) is 1. The number of amides is 2. The Labute approximate surface area is 177 Å². The summed E-state index contributed by atoms with van der Waals surface area (Å²) >= 11 is 0. The van der Waals surface area contributed by atoms with E-state index in [-0.39, 0.29) is 24.3 Å². The van der Waals surface area contributed by atoms with E-state index in [1.54, 1.807) is 36.7 Å². The maximum atomic E-state index is 12.8. The molecule has 0 aromatic carbocycles. The van der Waals surface area contributed by atoms with Crippen LogP contribution >= 0.6 is 0 Å². The van der Waals surface area contributed by atoms with Crippen LogP contribution in [-0.2, 0) is 4.79 Å². The van der Waals surface area contributed by atoms with E-state index in [1.165, 1.54) is 18.5 Å². The SMILES string of the molecule is O=C(Nc1cnccc1-c1ccc(OCC[18F])nc1)c1ccnc(NC(=O)C2CC2)c1. The second-order valence-corrected chi connectivity index (χ2v) is 6.99. The average molecular weight is 420 g/mol. The highest BCUT2D eigenvalue weighted by molar-refractivity contribution is 6.06. The number of nitrogens with one attached hydrogen (secondary N) is 2. The number of aromatic nitrogens is 3. The highest BCUT2D eigenvalue weighted by Gasteiger charge is 2.29. The normalized spacial score (nSPS) is 12.8. The van der Waals surface area contributed by atoms with E-state index in [0.29, 0.717) is 28.5 Å². The summed E-state index contributed by atoms with van der Waals surface area (Å²) in [5.41, 5.74) is 2.29. The van der Waals surface area contributed by atoms with Crippen LogP contribution in [0.4, 0.5) is 15.9 Å². The van der Waals surface area contributed by atoms with Gasteiger partial charge in [-0.05, 0) is 37.1 Å². The van der Waals surface area contributed by atoms with E-state index in [2.05, 4.69) is 25.6 Å². The Morgan fingerprint density at radius 2 is 1.94 bits per heavy atom. The lowest BCUT2D eigenvalue weighted by Gasteiger charge is -2.12. The molecule has 0 bridgehead atoms. The van der Waals surface area contributed by atoms with Crippen molar-refractivity contribution in [3.63, 3.8) is 0 Å². The summed E-state index contributed by atoms with van der Waals surface area (Å²) in [7, 11) is 0. The third kappa shape index (κ3) is 5.19. The third-order valence-electron chi connectivity index (χ3n) is 4.67. The van der Waals surface area contributed by atoms with Gasteiger partial charge in [0.05, 0.1) is 11.9 Å². The predicted octanol–water partition coefficient (Wildman–Crippen LogP) is 3.49. The van der Waals surface area contributed by atoms with E-state index >= 15 is 0 Å². The Kier molecular flexibility index (Phi) is 6.11. The molecule has 1 aliphatic rings. The summed E-state index contributed by atoms with van der Waals surface area (Å²) in [6.45, 7) is -0.650. The van der Waals surface area contributed by atoms with E-state index in [9.17, 15) is 14.0 Å². The fraction of sp³-hybridized carbons (Fsp3) is 0.227. The molecule has 1 saturated carbocycles. The number of hydrogen-bond acceptors (Lipinski definition) is 6. The van der Waals surface area contributed by atoms with Crippen LogP contribution in [0.5, 0.6) is 5.88 Å². The predicted molar refractivity (Wildman–Crippen MR) is 112 cm³/mol. The quantitative estimate of drug-likeness (QED) is 0.578. The molecule has 0 radical (unpaired) electrons. The molecule has 1 fully saturated rings. The van der Waals surface area contributed by atoms with Gasteiger partial charge in [-0.15, -0.1) is 0 Å². The molecule has 2 amide bonds. The van der Waals surface area contributed by atoms with Crippen LogP contribution in [-0.4, -0.2) is 40.0 Å². The first kappa shape index (κ1) is 20.4. The summed E-state index contributed by atoms with van der Waals surface area (Å²) in [5, 5.41) is 5.57. The van der Waals surface area contributed by atoms with Gasteiger partial charge in [-0.3, -0.25) is 14.6 Å². The zero-order valence-corrected chi connectivity index (χ0v) is 16.5. The molecule has 0 atom stereocenters. The number of alkyl halides is 1. The summed E-state index contributed by atoms with van der Waals surface area (Å²) in [6.07, 6.45) is 7.97. The van der Waals surface area contributed by atoms with E-state index in [1.807, 2.05) is 0 Å². The lowest BCUT2D eigenvalue weighted by atomic mass is 10.1. The van der Waals surface area contributed by atoms with Gasteiger partial charge in [-0.1, -0.05) is 0 Å². The molecule has 8 nitrogen and oxygen atoms in total. The monoisotopic (exact) mass is 420 g/mol. The van der Waals surface area contributed by atoms with E-state index in [4.69, 9.17) is 4.74 Å². The minimum Gasteiger partial charge on any atom is -0.475 e. The van der Waals surface area contributed by atoms with Crippen molar-refractivity contribution in [2.75, 3.05) is 23.9 Å². The van der Waals surface area contributed by atoms with Crippen molar-refractivity contribution < 1.29 is 18.7 Å². The molecule has 0 spiro atoms. The fourth-order valence-corrected chi connectivity index (χ4v) is 2.92. The largest absolute Gasteiger partial charge is 0.475 e. The van der Waals surface area contributed by atoms with Crippen molar-refractivity contribution in [1.29, 1.82) is 0 Å². The Morgan fingerprint density at radius 1 is 1.06 bits per heavy atom. The minimum absolute atomic E-state index is 0.0413. The number of pyridine rings is 3. The van der Waals surface area contributed by atoms with Crippen LogP contribution < -0.4 is 15.4 Å². The van der Waals surface area contributed by atoms with Crippen molar-refractivity contribution in [2.24, 2.45) is 5.92 Å². The number of carbonyl (C=O) groups is 2. The molecule has 0 aliphatic heterocycles. The molecule has 4 rings (SSSR count).